The van der Waals surface area contributed by atoms with Crippen LogP contribution in [0.4, 0.5) is 0 Å². The Kier molecular flexibility index (Phi) is 3.82. The average Bonchev–Trinajstić information content (AvgIpc) is 2.70. The summed E-state index contributed by atoms with van der Waals surface area (Å²) in [7, 11) is 0. The quantitative estimate of drug-likeness (QED) is 0.709. The lowest BCUT2D eigenvalue weighted by Gasteiger charge is -2.39. The molecule has 1 aliphatic carbocycles. The summed E-state index contributed by atoms with van der Waals surface area (Å²) in [6.45, 7) is 4.66. The molecule has 2 rings (SSSR count). The fourth-order valence-corrected chi connectivity index (χ4v) is 2.65. The second-order valence-electron chi connectivity index (χ2n) is 5.14. The minimum absolute atomic E-state index is 0.181. The third-order valence-electron chi connectivity index (χ3n) is 4.10. The predicted molar refractivity (Wildman–Crippen MR) is 64.0 cm³/mol. The van der Waals surface area contributed by atoms with Crippen molar-refractivity contribution in [2.75, 3.05) is 32.7 Å². The summed E-state index contributed by atoms with van der Waals surface area (Å²) in [6, 6.07) is 0. The molecule has 0 atom stereocenters. The van der Waals surface area contributed by atoms with Crippen LogP contribution >= 0.6 is 0 Å². The van der Waals surface area contributed by atoms with Crippen LogP contribution in [0.15, 0.2) is 0 Å². The van der Waals surface area contributed by atoms with Crippen molar-refractivity contribution in [3.05, 3.63) is 0 Å². The highest BCUT2D eigenvalue weighted by Gasteiger charge is 2.42. The number of carbonyl (C=O) groups is 1. The number of nitrogens with one attached hydrogen (secondary N) is 1. The van der Waals surface area contributed by atoms with Gasteiger partial charge < -0.3 is 16.0 Å². The maximum absolute atomic E-state index is 11.9. The predicted octanol–water partition coefficient (Wildman–Crippen LogP) is 0.327. The number of nitrogens with two attached hydrogens (primary N) is 1. The van der Waals surface area contributed by atoms with Gasteiger partial charge in [-0.1, -0.05) is 6.42 Å². The zero-order valence-corrected chi connectivity index (χ0v) is 10.0. The van der Waals surface area contributed by atoms with Gasteiger partial charge in [0.25, 0.3) is 0 Å². The SMILES string of the molecule is NCC1(C(=O)NCCN2CCCC2)CCC1. The molecule has 0 bridgehead atoms. The summed E-state index contributed by atoms with van der Waals surface area (Å²) >= 11 is 0. The average molecular weight is 225 g/mol. The number of hydrogen-bond acceptors (Lipinski definition) is 3. The number of nitrogens with zero attached hydrogens (tertiary/aromatic N) is 1. The van der Waals surface area contributed by atoms with Crippen LogP contribution in [0, 0.1) is 5.41 Å². The molecule has 0 unspecified atom stereocenters. The molecule has 1 saturated heterocycles. The van der Waals surface area contributed by atoms with Crippen LogP contribution < -0.4 is 11.1 Å². The van der Waals surface area contributed by atoms with E-state index in [1.807, 2.05) is 0 Å². The van der Waals surface area contributed by atoms with Gasteiger partial charge in [-0.05, 0) is 38.8 Å². The second kappa shape index (κ2) is 5.15. The molecule has 1 aliphatic heterocycles. The van der Waals surface area contributed by atoms with Crippen molar-refractivity contribution in [1.82, 2.24) is 10.2 Å². The molecule has 0 aromatic rings. The molecule has 3 N–H and O–H groups in total. The molecule has 0 radical (unpaired) electrons. The summed E-state index contributed by atoms with van der Waals surface area (Å²) in [5, 5.41) is 3.04. The molecule has 1 saturated carbocycles. The summed E-state index contributed by atoms with van der Waals surface area (Å²) in [5.41, 5.74) is 5.48. The molecule has 0 spiro atoms. The van der Waals surface area contributed by atoms with Crippen LogP contribution in [0.1, 0.15) is 32.1 Å². The Morgan fingerprint density at radius 1 is 1.25 bits per heavy atom. The van der Waals surface area contributed by atoms with Gasteiger partial charge in [-0.15, -0.1) is 0 Å². The molecular formula is C12H23N3O. The fraction of sp³-hybridized carbons (Fsp3) is 0.917. The molecule has 0 aromatic heterocycles. The molecule has 2 fully saturated rings. The van der Waals surface area contributed by atoms with Crippen LogP contribution in [-0.4, -0.2) is 43.5 Å². The van der Waals surface area contributed by atoms with Crippen LogP contribution in [0.5, 0.6) is 0 Å². The first-order valence-corrected chi connectivity index (χ1v) is 6.48. The lowest BCUT2D eigenvalue weighted by atomic mass is 9.68. The van der Waals surface area contributed by atoms with Crippen molar-refractivity contribution in [1.29, 1.82) is 0 Å². The number of hydrogen-bond donors (Lipinski definition) is 2. The second-order valence-corrected chi connectivity index (χ2v) is 5.14. The van der Waals surface area contributed by atoms with Gasteiger partial charge in [0.15, 0.2) is 0 Å². The van der Waals surface area contributed by atoms with Crippen LogP contribution in [-0.2, 0) is 4.79 Å². The Bertz CT molecular complexity index is 239. The summed E-state index contributed by atoms with van der Waals surface area (Å²) in [5.74, 6) is 0.181. The van der Waals surface area contributed by atoms with Gasteiger partial charge >= 0.3 is 0 Å². The maximum Gasteiger partial charge on any atom is 0.227 e. The van der Waals surface area contributed by atoms with E-state index in [-0.39, 0.29) is 11.3 Å². The van der Waals surface area contributed by atoms with Crippen molar-refractivity contribution >= 4 is 5.91 Å². The lowest BCUT2D eigenvalue weighted by molar-refractivity contribution is -0.135. The van der Waals surface area contributed by atoms with E-state index in [1.54, 1.807) is 0 Å². The third kappa shape index (κ3) is 2.38. The molecule has 1 heterocycles. The zero-order chi connectivity index (χ0) is 11.4. The normalized spacial score (nSPS) is 24.1. The van der Waals surface area contributed by atoms with E-state index in [2.05, 4.69) is 10.2 Å². The van der Waals surface area contributed by atoms with Gasteiger partial charge in [0, 0.05) is 19.6 Å². The number of carbonyl (C=O) groups excluding carboxylic acids is 1. The maximum atomic E-state index is 11.9. The smallest absolute Gasteiger partial charge is 0.227 e. The summed E-state index contributed by atoms with van der Waals surface area (Å²) in [4.78, 5) is 14.4. The third-order valence-corrected chi connectivity index (χ3v) is 4.10. The van der Waals surface area contributed by atoms with Crippen molar-refractivity contribution < 1.29 is 4.79 Å². The first kappa shape index (κ1) is 11.9. The van der Waals surface area contributed by atoms with E-state index in [4.69, 9.17) is 5.73 Å². The molecule has 16 heavy (non-hydrogen) atoms. The van der Waals surface area contributed by atoms with Gasteiger partial charge in [-0.25, -0.2) is 0 Å². The van der Waals surface area contributed by atoms with Gasteiger partial charge in [0.05, 0.1) is 5.41 Å². The largest absolute Gasteiger partial charge is 0.354 e. The number of likely N-dealkylation sites (tertiary alicyclic amines) is 1. The minimum Gasteiger partial charge on any atom is -0.354 e. The Morgan fingerprint density at radius 3 is 2.44 bits per heavy atom. The van der Waals surface area contributed by atoms with E-state index in [9.17, 15) is 4.79 Å². The van der Waals surface area contributed by atoms with E-state index in [0.717, 1.165) is 32.4 Å². The van der Waals surface area contributed by atoms with Crippen molar-refractivity contribution in [2.45, 2.75) is 32.1 Å². The Labute approximate surface area is 97.6 Å². The first-order valence-electron chi connectivity index (χ1n) is 6.48. The highest BCUT2D eigenvalue weighted by atomic mass is 16.2. The van der Waals surface area contributed by atoms with E-state index < -0.39 is 0 Å². The number of rotatable bonds is 5. The summed E-state index contributed by atoms with van der Waals surface area (Å²) in [6.07, 6.45) is 5.70. The molecule has 92 valence electrons. The standard InChI is InChI=1S/C12H23N3O/c13-10-12(4-3-5-12)11(16)14-6-9-15-7-1-2-8-15/h1-10,13H2,(H,14,16). The van der Waals surface area contributed by atoms with Crippen LogP contribution in [0.2, 0.25) is 0 Å². The molecular weight excluding hydrogens is 202 g/mol. The fourth-order valence-electron chi connectivity index (χ4n) is 2.65. The number of amides is 1. The highest BCUT2D eigenvalue weighted by Crippen LogP contribution is 2.39. The van der Waals surface area contributed by atoms with Gasteiger partial charge in [0.1, 0.15) is 0 Å². The molecule has 2 aliphatic rings. The summed E-state index contributed by atoms with van der Waals surface area (Å²) < 4.78 is 0. The van der Waals surface area contributed by atoms with E-state index >= 15 is 0 Å². The molecule has 0 aromatic carbocycles. The van der Waals surface area contributed by atoms with Gasteiger partial charge in [0.2, 0.25) is 5.91 Å². The Hall–Kier alpha value is -0.610. The monoisotopic (exact) mass is 225 g/mol. The molecule has 4 heteroatoms. The highest BCUT2D eigenvalue weighted by molar-refractivity contribution is 5.83. The van der Waals surface area contributed by atoms with Crippen LogP contribution in [0.25, 0.3) is 0 Å². The molecule has 1 amide bonds. The van der Waals surface area contributed by atoms with Crippen molar-refractivity contribution in [3.63, 3.8) is 0 Å². The zero-order valence-electron chi connectivity index (χ0n) is 10.0. The topological polar surface area (TPSA) is 58.4 Å². The van der Waals surface area contributed by atoms with Gasteiger partial charge in [-0.3, -0.25) is 4.79 Å². The molecule has 4 nitrogen and oxygen atoms in total. The van der Waals surface area contributed by atoms with Crippen LogP contribution in [0.3, 0.4) is 0 Å². The Balaban J connectivity index is 1.67. The minimum atomic E-state index is -0.217. The van der Waals surface area contributed by atoms with E-state index in [0.29, 0.717) is 6.54 Å². The van der Waals surface area contributed by atoms with Crippen molar-refractivity contribution in [3.8, 4) is 0 Å². The Morgan fingerprint density at radius 2 is 1.94 bits per heavy atom. The van der Waals surface area contributed by atoms with E-state index in [1.165, 1.54) is 25.9 Å². The lowest BCUT2D eigenvalue weighted by Crippen LogP contribution is -2.51. The van der Waals surface area contributed by atoms with Crippen molar-refractivity contribution in [2.24, 2.45) is 11.1 Å². The first-order chi connectivity index (χ1) is 7.77. The van der Waals surface area contributed by atoms with Gasteiger partial charge in [-0.2, -0.15) is 0 Å².